The van der Waals surface area contributed by atoms with Gasteiger partial charge in [-0.05, 0) is 42.6 Å². The highest BCUT2D eigenvalue weighted by Gasteiger charge is 2.43. The molecular weight excluding hydrogens is 436 g/mol. The molecule has 4 aromatic carbocycles. The maximum Gasteiger partial charge on any atom is 0.0318 e. The van der Waals surface area contributed by atoms with E-state index in [0.717, 1.165) is 6.54 Å². The van der Waals surface area contributed by atoms with Crippen LogP contribution in [0, 0.1) is 0 Å². The van der Waals surface area contributed by atoms with Gasteiger partial charge in [-0.3, -0.25) is 4.44 Å². The van der Waals surface area contributed by atoms with E-state index in [9.17, 15) is 0 Å². The minimum atomic E-state index is -0.597. The zero-order valence-corrected chi connectivity index (χ0v) is 21.0. The predicted octanol–water partition coefficient (Wildman–Crippen LogP) is 8.03. The maximum absolute atomic E-state index is 2.91. The van der Waals surface area contributed by atoms with Crippen LogP contribution in [-0.4, -0.2) is 11.0 Å². The van der Waals surface area contributed by atoms with E-state index in [1.807, 2.05) is 0 Å². The molecule has 2 unspecified atom stereocenters. The van der Waals surface area contributed by atoms with Crippen molar-refractivity contribution in [3.63, 3.8) is 0 Å². The molecule has 1 fully saturated rings. The Morgan fingerprint density at radius 2 is 0.970 bits per heavy atom. The van der Waals surface area contributed by atoms with E-state index in [0.29, 0.717) is 11.3 Å². The van der Waals surface area contributed by atoms with Gasteiger partial charge in [0.1, 0.15) is 0 Å². The summed E-state index contributed by atoms with van der Waals surface area (Å²) < 4.78 is 2.91. The van der Waals surface area contributed by atoms with Crippen LogP contribution >= 0.6 is 16.1 Å². The van der Waals surface area contributed by atoms with E-state index in [1.54, 1.807) is 0 Å². The molecule has 0 bridgehead atoms. The summed E-state index contributed by atoms with van der Waals surface area (Å²) in [5.41, 5.74) is 4.22. The molecule has 1 aliphatic heterocycles. The van der Waals surface area contributed by atoms with Crippen molar-refractivity contribution in [3.8, 4) is 0 Å². The molecule has 33 heavy (non-hydrogen) atoms. The van der Waals surface area contributed by atoms with Crippen LogP contribution in [0.5, 0.6) is 0 Å². The van der Waals surface area contributed by atoms with Gasteiger partial charge >= 0.3 is 0 Å². The third kappa shape index (κ3) is 4.83. The molecule has 0 aromatic heterocycles. The summed E-state index contributed by atoms with van der Waals surface area (Å²) in [6, 6.07) is 45.0. The molecule has 1 aliphatic rings. The van der Waals surface area contributed by atoms with Gasteiger partial charge < -0.3 is 0 Å². The topological polar surface area (TPSA) is 3.24 Å². The predicted molar refractivity (Wildman–Crippen MR) is 146 cm³/mol. The van der Waals surface area contributed by atoms with Gasteiger partial charge in [-0.2, -0.15) is 0 Å². The molecule has 1 nitrogen and oxygen atoms in total. The molecule has 4 aromatic rings. The normalized spacial score (nSPS) is 20.4. The van der Waals surface area contributed by atoms with Crippen molar-refractivity contribution in [1.82, 2.24) is 4.44 Å². The van der Waals surface area contributed by atoms with E-state index >= 15 is 0 Å². The number of benzene rings is 4. The minimum absolute atomic E-state index is 0.413. The molecule has 3 heteroatoms. The van der Waals surface area contributed by atoms with Gasteiger partial charge in [0, 0.05) is 25.9 Å². The zero-order chi connectivity index (χ0) is 22.5. The monoisotopic (exact) mass is 467 g/mol. The Morgan fingerprint density at radius 1 is 0.606 bits per heavy atom. The Hall–Kier alpha value is -2.30. The number of hydrogen-bond acceptors (Lipinski definition) is 1. The summed E-state index contributed by atoms with van der Waals surface area (Å²) in [7, 11) is -1.01. The lowest BCUT2D eigenvalue weighted by atomic mass is 10.0. The van der Waals surface area contributed by atoms with E-state index < -0.39 is 16.1 Å². The van der Waals surface area contributed by atoms with Gasteiger partial charge in [0.15, 0.2) is 0 Å². The van der Waals surface area contributed by atoms with Crippen LogP contribution in [-0.2, 0) is 0 Å². The highest BCUT2D eigenvalue weighted by atomic mass is 31.2. The van der Waals surface area contributed by atoms with Crippen molar-refractivity contribution in [2.45, 2.75) is 31.1 Å². The lowest BCUT2D eigenvalue weighted by Crippen LogP contribution is -2.26. The third-order valence-corrected chi connectivity index (χ3v) is 13.2. The largest absolute Gasteiger partial charge is 0.252 e. The molecule has 166 valence electrons. The Balaban J connectivity index is 1.63. The second kappa shape index (κ2) is 10.8. The second-order valence-corrected chi connectivity index (χ2v) is 13.4. The fourth-order valence-corrected chi connectivity index (χ4v) is 12.5. The molecule has 0 aliphatic carbocycles. The number of hydrogen-bond donors (Lipinski definition) is 0. The summed E-state index contributed by atoms with van der Waals surface area (Å²) in [5.74, 6) is 0. The molecular formula is C30H31NP2. The fraction of sp³-hybridized carbons (Fsp3) is 0.200. The summed E-state index contributed by atoms with van der Waals surface area (Å²) in [6.07, 6.45) is 2.52. The van der Waals surface area contributed by atoms with E-state index in [4.69, 9.17) is 0 Å². The first-order valence-corrected chi connectivity index (χ1v) is 14.7. The van der Waals surface area contributed by atoms with Gasteiger partial charge in [-0.1, -0.05) is 128 Å². The van der Waals surface area contributed by atoms with Gasteiger partial charge in [-0.25, -0.2) is 0 Å². The lowest BCUT2D eigenvalue weighted by Gasteiger charge is -2.42. The zero-order valence-electron chi connectivity index (χ0n) is 19.2. The summed E-state index contributed by atoms with van der Waals surface area (Å²) in [4.78, 5) is 0. The van der Waals surface area contributed by atoms with Crippen molar-refractivity contribution in [1.29, 1.82) is 0 Å². The standard InChI is InChI=1S/C30H31NP2/c1-2-31(32(27-19-11-5-12-20-27)28-21-13-6-14-22-28)33-29(25-15-7-3-8-16-25)23-24-30(33)26-17-9-4-10-18-26/h3-22,29-30H,2,23-24H2,1H3/t29-,30?,33?/m1/s1. The lowest BCUT2D eigenvalue weighted by molar-refractivity contribution is 0.734. The van der Waals surface area contributed by atoms with Crippen LogP contribution in [0.15, 0.2) is 121 Å². The van der Waals surface area contributed by atoms with Crippen LogP contribution < -0.4 is 10.6 Å². The van der Waals surface area contributed by atoms with E-state index in [-0.39, 0.29) is 0 Å². The van der Waals surface area contributed by atoms with Crippen LogP contribution in [0.2, 0.25) is 0 Å². The first-order valence-electron chi connectivity index (χ1n) is 11.9. The van der Waals surface area contributed by atoms with Crippen LogP contribution in [0.1, 0.15) is 42.2 Å². The Labute approximate surface area is 201 Å². The van der Waals surface area contributed by atoms with Gasteiger partial charge in [0.25, 0.3) is 0 Å². The summed E-state index contributed by atoms with van der Waals surface area (Å²) in [5, 5.41) is 2.90. The van der Waals surface area contributed by atoms with Gasteiger partial charge in [0.2, 0.25) is 0 Å². The van der Waals surface area contributed by atoms with Gasteiger partial charge in [-0.15, -0.1) is 0 Å². The van der Waals surface area contributed by atoms with Crippen LogP contribution in [0.25, 0.3) is 0 Å². The smallest absolute Gasteiger partial charge is 0.0318 e. The van der Waals surface area contributed by atoms with Crippen molar-refractivity contribution in [2.75, 3.05) is 6.54 Å². The minimum Gasteiger partial charge on any atom is -0.252 e. The highest BCUT2D eigenvalue weighted by Crippen LogP contribution is 2.76. The van der Waals surface area contributed by atoms with Gasteiger partial charge in [0.05, 0.1) is 0 Å². The van der Waals surface area contributed by atoms with Crippen LogP contribution in [0.3, 0.4) is 0 Å². The Bertz CT molecular complexity index is 1030. The van der Waals surface area contributed by atoms with Crippen molar-refractivity contribution in [3.05, 3.63) is 132 Å². The summed E-state index contributed by atoms with van der Waals surface area (Å²) in [6.45, 7) is 3.43. The molecule has 0 spiro atoms. The fourth-order valence-electron chi connectivity index (χ4n) is 5.07. The van der Waals surface area contributed by atoms with Crippen LogP contribution in [0.4, 0.5) is 0 Å². The molecule has 3 atom stereocenters. The molecule has 0 radical (unpaired) electrons. The Morgan fingerprint density at radius 3 is 1.33 bits per heavy atom. The first kappa shape index (κ1) is 22.5. The number of nitrogens with zero attached hydrogens (tertiary/aromatic N) is 1. The molecule has 0 N–H and O–H groups in total. The Kier molecular flexibility index (Phi) is 7.33. The van der Waals surface area contributed by atoms with Crippen molar-refractivity contribution in [2.24, 2.45) is 0 Å². The quantitative estimate of drug-likeness (QED) is 0.249. The molecule has 0 saturated carbocycles. The van der Waals surface area contributed by atoms with Crippen molar-refractivity contribution < 1.29 is 0 Å². The average Bonchev–Trinajstić information content (AvgIpc) is 3.34. The average molecular weight is 468 g/mol. The van der Waals surface area contributed by atoms with Crippen molar-refractivity contribution >= 4 is 26.8 Å². The molecule has 0 amide bonds. The highest BCUT2D eigenvalue weighted by molar-refractivity contribution is 7.79. The molecule has 1 saturated heterocycles. The second-order valence-electron chi connectivity index (χ2n) is 8.48. The number of rotatable bonds is 7. The van der Waals surface area contributed by atoms with E-state index in [2.05, 4.69) is 133 Å². The van der Waals surface area contributed by atoms with E-state index in [1.165, 1.54) is 34.6 Å². The first-order chi connectivity index (χ1) is 16.4. The molecule has 1 heterocycles. The SMILES string of the molecule is CCN(P(c1ccccc1)c1ccccc1)P1C(c2ccccc2)CC[C@@H]1c1ccccc1. The maximum atomic E-state index is 2.91. The third-order valence-electron chi connectivity index (χ3n) is 6.50. The summed E-state index contributed by atoms with van der Waals surface area (Å²) >= 11 is 0. The molecule has 5 rings (SSSR count).